The Morgan fingerprint density at radius 3 is 1.91 bits per heavy atom. The van der Waals surface area contributed by atoms with Gasteiger partial charge in [0, 0.05) is 53.2 Å². The first-order valence-electron chi connectivity index (χ1n) is 18.8. The highest BCUT2D eigenvalue weighted by atomic mass is 32.1. The van der Waals surface area contributed by atoms with Crippen LogP contribution in [0.3, 0.4) is 0 Å². The van der Waals surface area contributed by atoms with Gasteiger partial charge >= 0.3 is 0 Å². The third kappa shape index (κ3) is 5.35. The standard InChI is InChI=1S/C50H28N4OS2/c1-2-10-31(11-3-1)47-52-48(54-49(53-47)34-23-24-38-37-13-6-7-16-41(37)55-42(38)28-34)32-20-18-30(19-21-32)36-14-8-15-39-44-43(56-45(36)39)26-25-40-46(44)57-50(51-40)35-22-17-29-9-4-5-12-33(29)27-35/h1-28H. The van der Waals surface area contributed by atoms with E-state index in [0.717, 1.165) is 60.3 Å². The Balaban J connectivity index is 0.939. The van der Waals surface area contributed by atoms with E-state index in [1.165, 1.54) is 41.2 Å². The third-order valence-corrected chi connectivity index (χ3v) is 13.1. The predicted octanol–water partition coefficient (Wildman–Crippen LogP) is 14.2. The molecule has 266 valence electrons. The average Bonchev–Trinajstić information content (AvgIpc) is 3.99. The first-order valence-corrected chi connectivity index (χ1v) is 20.4. The molecular weight excluding hydrogens is 737 g/mol. The van der Waals surface area contributed by atoms with E-state index < -0.39 is 0 Å². The Kier molecular flexibility index (Phi) is 7.20. The minimum absolute atomic E-state index is 0.596. The van der Waals surface area contributed by atoms with E-state index in [-0.39, 0.29) is 0 Å². The molecule has 0 spiro atoms. The van der Waals surface area contributed by atoms with Gasteiger partial charge in [-0.05, 0) is 58.3 Å². The van der Waals surface area contributed by atoms with E-state index >= 15 is 0 Å². The molecule has 0 unspecified atom stereocenters. The molecule has 0 aliphatic rings. The van der Waals surface area contributed by atoms with Crippen molar-refractivity contribution >= 4 is 85.8 Å². The van der Waals surface area contributed by atoms with Gasteiger partial charge in [-0.2, -0.15) is 0 Å². The molecule has 0 fully saturated rings. The zero-order valence-electron chi connectivity index (χ0n) is 30.2. The van der Waals surface area contributed by atoms with Gasteiger partial charge in [-0.15, -0.1) is 22.7 Å². The van der Waals surface area contributed by atoms with Crippen molar-refractivity contribution in [2.75, 3.05) is 0 Å². The molecule has 0 radical (unpaired) electrons. The lowest BCUT2D eigenvalue weighted by atomic mass is 10.0. The maximum atomic E-state index is 6.23. The van der Waals surface area contributed by atoms with Crippen LogP contribution in [-0.4, -0.2) is 19.9 Å². The Hall–Kier alpha value is -7.06. The van der Waals surface area contributed by atoms with Crippen LogP contribution >= 0.6 is 22.7 Å². The molecule has 0 aliphatic carbocycles. The smallest absolute Gasteiger partial charge is 0.164 e. The number of fused-ring (bicyclic) bond motifs is 9. The highest BCUT2D eigenvalue weighted by Gasteiger charge is 2.18. The highest BCUT2D eigenvalue weighted by Crippen LogP contribution is 2.45. The van der Waals surface area contributed by atoms with Crippen LogP contribution in [0.5, 0.6) is 0 Å². The molecule has 7 heteroatoms. The van der Waals surface area contributed by atoms with Crippen LogP contribution in [0.15, 0.2) is 174 Å². The number of thiophene rings is 1. The van der Waals surface area contributed by atoms with E-state index in [2.05, 4.69) is 115 Å². The monoisotopic (exact) mass is 764 g/mol. The Morgan fingerprint density at radius 1 is 0.386 bits per heavy atom. The fourth-order valence-electron chi connectivity index (χ4n) is 7.96. The van der Waals surface area contributed by atoms with Crippen molar-refractivity contribution in [2.45, 2.75) is 0 Å². The molecule has 0 saturated heterocycles. The first-order chi connectivity index (χ1) is 28.2. The third-order valence-electron chi connectivity index (χ3n) is 10.8. The average molecular weight is 765 g/mol. The quantitative estimate of drug-likeness (QED) is 0.175. The van der Waals surface area contributed by atoms with Crippen molar-refractivity contribution in [2.24, 2.45) is 0 Å². The topological polar surface area (TPSA) is 64.7 Å². The second-order valence-corrected chi connectivity index (χ2v) is 16.3. The van der Waals surface area contributed by atoms with Crippen molar-refractivity contribution in [3.8, 4) is 55.9 Å². The van der Waals surface area contributed by atoms with E-state index in [0.29, 0.717) is 17.5 Å². The van der Waals surface area contributed by atoms with Crippen LogP contribution in [-0.2, 0) is 0 Å². The molecular formula is C50H28N4OS2. The molecule has 8 aromatic carbocycles. The number of nitrogens with zero attached hydrogens (tertiary/aromatic N) is 4. The largest absolute Gasteiger partial charge is 0.456 e. The second kappa shape index (κ2) is 12.7. The number of furan rings is 1. The summed E-state index contributed by atoms with van der Waals surface area (Å²) in [6, 6.07) is 59.1. The molecule has 4 heterocycles. The van der Waals surface area contributed by atoms with Crippen molar-refractivity contribution in [1.29, 1.82) is 0 Å². The first kappa shape index (κ1) is 32.2. The van der Waals surface area contributed by atoms with Crippen LogP contribution in [0.25, 0.3) is 119 Å². The van der Waals surface area contributed by atoms with Gasteiger partial charge in [0.15, 0.2) is 17.5 Å². The zero-order chi connectivity index (χ0) is 37.5. The summed E-state index contributed by atoms with van der Waals surface area (Å²) in [5, 5.41) is 8.20. The van der Waals surface area contributed by atoms with E-state index in [9.17, 15) is 0 Å². The molecule has 12 rings (SSSR count). The van der Waals surface area contributed by atoms with Gasteiger partial charge in [0.05, 0.1) is 10.2 Å². The number of aromatic nitrogens is 4. The molecule has 0 amide bonds. The van der Waals surface area contributed by atoms with Crippen molar-refractivity contribution in [1.82, 2.24) is 19.9 Å². The number of rotatable bonds is 5. The molecule has 5 nitrogen and oxygen atoms in total. The maximum absolute atomic E-state index is 6.23. The summed E-state index contributed by atoms with van der Waals surface area (Å²) in [6.45, 7) is 0. The van der Waals surface area contributed by atoms with Gasteiger partial charge in [0.2, 0.25) is 0 Å². The highest BCUT2D eigenvalue weighted by molar-refractivity contribution is 7.28. The van der Waals surface area contributed by atoms with Gasteiger partial charge < -0.3 is 4.42 Å². The SMILES string of the molecule is c1ccc(-c2nc(-c3ccc(-c4cccc5c4sc4ccc6nc(-c7ccc8ccccc8c7)sc6c45)cc3)nc(-c3ccc4c(c3)oc3ccccc34)n2)cc1. The van der Waals surface area contributed by atoms with E-state index in [4.69, 9.17) is 24.4 Å². The fraction of sp³-hybridized carbons (Fsp3) is 0. The molecule has 57 heavy (non-hydrogen) atoms. The molecule has 0 bridgehead atoms. The number of para-hydroxylation sites is 1. The fourth-order valence-corrected chi connectivity index (χ4v) is 10.4. The van der Waals surface area contributed by atoms with Crippen LogP contribution < -0.4 is 0 Å². The summed E-state index contributed by atoms with van der Waals surface area (Å²) in [6.07, 6.45) is 0. The normalized spacial score (nSPS) is 11.9. The Bertz CT molecular complexity index is 3530. The number of hydrogen-bond acceptors (Lipinski definition) is 7. The lowest BCUT2D eigenvalue weighted by molar-refractivity contribution is 0.669. The number of hydrogen-bond donors (Lipinski definition) is 0. The molecule has 4 aromatic heterocycles. The van der Waals surface area contributed by atoms with Crippen LogP contribution in [0.2, 0.25) is 0 Å². The summed E-state index contributed by atoms with van der Waals surface area (Å²) in [7, 11) is 0. The summed E-state index contributed by atoms with van der Waals surface area (Å²) in [5.41, 5.74) is 8.91. The Morgan fingerprint density at radius 2 is 1.05 bits per heavy atom. The van der Waals surface area contributed by atoms with Gasteiger partial charge in [-0.3, -0.25) is 0 Å². The van der Waals surface area contributed by atoms with Crippen molar-refractivity contribution in [3.05, 3.63) is 170 Å². The lowest BCUT2D eigenvalue weighted by Gasteiger charge is -2.09. The minimum Gasteiger partial charge on any atom is -0.456 e. The van der Waals surface area contributed by atoms with E-state index in [1.807, 2.05) is 65.9 Å². The van der Waals surface area contributed by atoms with Crippen LogP contribution in [0.4, 0.5) is 0 Å². The van der Waals surface area contributed by atoms with Crippen LogP contribution in [0.1, 0.15) is 0 Å². The number of thiazole rings is 1. The van der Waals surface area contributed by atoms with Gasteiger partial charge in [0.25, 0.3) is 0 Å². The zero-order valence-corrected chi connectivity index (χ0v) is 31.8. The Labute approximate surface area is 334 Å². The second-order valence-electron chi connectivity index (χ2n) is 14.2. The van der Waals surface area contributed by atoms with Gasteiger partial charge in [-0.25, -0.2) is 19.9 Å². The summed E-state index contributed by atoms with van der Waals surface area (Å²) in [5.74, 6) is 1.83. The molecule has 0 aliphatic heterocycles. The summed E-state index contributed by atoms with van der Waals surface area (Å²) in [4.78, 5) is 20.1. The summed E-state index contributed by atoms with van der Waals surface area (Å²) < 4.78 is 9.99. The van der Waals surface area contributed by atoms with E-state index in [1.54, 1.807) is 11.3 Å². The van der Waals surface area contributed by atoms with Crippen molar-refractivity contribution in [3.63, 3.8) is 0 Å². The predicted molar refractivity (Wildman–Crippen MR) is 238 cm³/mol. The molecule has 0 saturated carbocycles. The van der Waals surface area contributed by atoms with Gasteiger partial charge in [-0.1, -0.05) is 133 Å². The van der Waals surface area contributed by atoms with Gasteiger partial charge in [0.1, 0.15) is 16.2 Å². The number of benzene rings is 8. The molecule has 0 atom stereocenters. The maximum Gasteiger partial charge on any atom is 0.164 e. The summed E-state index contributed by atoms with van der Waals surface area (Å²) >= 11 is 3.63. The van der Waals surface area contributed by atoms with Crippen molar-refractivity contribution < 1.29 is 4.42 Å². The lowest BCUT2D eigenvalue weighted by Crippen LogP contribution is -2.00. The van der Waals surface area contributed by atoms with Crippen LogP contribution in [0, 0.1) is 0 Å². The minimum atomic E-state index is 0.596. The molecule has 0 N–H and O–H groups in total. The molecule has 12 aromatic rings.